The van der Waals surface area contributed by atoms with E-state index in [9.17, 15) is 4.79 Å². The average Bonchev–Trinajstić information content (AvgIpc) is 3.23. The minimum atomic E-state index is -0.243. The maximum absolute atomic E-state index is 12.6. The van der Waals surface area contributed by atoms with Gasteiger partial charge in [-0.3, -0.25) is 14.2 Å². The first kappa shape index (κ1) is 13.8. The Morgan fingerprint density at radius 2 is 2.13 bits per heavy atom. The molecule has 1 aliphatic heterocycles. The molecule has 2 N–H and O–H groups in total. The maximum Gasteiger partial charge on any atom is 0.276 e. The zero-order valence-corrected chi connectivity index (χ0v) is 12.4. The normalized spacial score (nSPS) is 15.8. The molecule has 118 valence electrons. The highest BCUT2D eigenvalue weighted by molar-refractivity contribution is 6.02. The van der Waals surface area contributed by atoms with Crippen molar-refractivity contribution in [2.45, 2.75) is 18.9 Å². The predicted octanol–water partition coefficient (Wildman–Crippen LogP) is 0.498. The minimum absolute atomic E-state index is 0.200. The number of amides is 1. The smallest absolute Gasteiger partial charge is 0.276 e. The SMILES string of the molecule is O=C(Nc1cnc2cnccn12)c1cnnn1C1CCNCC1. The fraction of sp³-hybridized carbons (Fsp3) is 0.357. The van der Waals surface area contributed by atoms with Gasteiger partial charge in [-0.05, 0) is 25.9 Å². The molecule has 23 heavy (non-hydrogen) atoms. The number of rotatable bonds is 3. The Kier molecular flexibility index (Phi) is 3.46. The van der Waals surface area contributed by atoms with Crippen LogP contribution in [0.5, 0.6) is 0 Å². The number of hydrogen-bond donors (Lipinski definition) is 2. The van der Waals surface area contributed by atoms with E-state index in [1.807, 2.05) is 0 Å². The van der Waals surface area contributed by atoms with E-state index in [-0.39, 0.29) is 11.9 Å². The van der Waals surface area contributed by atoms with Gasteiger partial charge in [0.05, 0.1) is 24.6 Å². The molecule has 1 saturated heterocycles. The highest BCUT2D eigenvalue weighted by Gasteiger charge is 2.22. The number of fused-ring (bicyclic) bond motifs is 1. The Morgan fingerprint density at radius 1 is 1.26 bits per heavy atom. The zero-order chi connectivity index (χ0) is 15.6. The van der Waals surface area contributed by atoms with Crippen molar-refractivity contribution in [3.8, 4) is 0 Å². The average molecular weight is 312 g/mol. The van der Waals surface area contributed by atoms with Crippen LogP contribution in [0, 0.1) is 0 Å². The highest BCUT2D eigenvalue weighted by atomic mass is 16.2. The Hall–Kier alpha value is -2.81. The standard InChI is InChI=1S/C14H16N8O/c23-14(19-13-9-17-12-8-16-5-6-21(12)13)11-7-18-20-22(11)10-1-3-15-4-2-10/h5-10,15H,1-4H2,(H,19,23). The van der Waals surface area contributed by atoms with Gasteiger partial charge in [-0.25, -0.2) is 9.67 Å². The molecule has 0 aliphatic carbocycles. The number of nitrogens with zero attached hydrogens (tertiary/aromatic N) is 6. The van der Waals surface area contributed by atoms with Crippen LogP contribution in [0.4, 0.5) is 5.82 Å². The second-order valence-electron chi connectivity index (χ2n) is 5.45. The van der Waals surface area contributed by atoms with Crippen LogP contribution in [0.2, 0.25) is 0 Å². The summed E-state index contributed by atoms with van der Waals surface area (Å²) in [6.45, 7) is 1.84. The summed E-state index contributed by atoms with van der Waals surface area (Å²) in [5.74, 6) is 0.345. The lowest BCUT2D eigenvalue weighted by Gasteiger charge is -2.23. The van der Waals surface area contributed by atoms with Crippen LogP contribution in [0.15, 0.2) is 31.0 Å². The number of piperidine rings is 1. The molecular formula is C14H16N8O. The molecule has 1 amide bonds. The quantitative estimate of drug-likeness (QED) is 0.730. The number of imidazole rings is 1. The molecule has 0 radical (unpaired) electrons. The summed E-state index contributed by atoms with van der Waals surface area (Å²) < 4.78 is 3.49. The van der Waals surface area contributed by atoms with Gasteiger partial charge >= 0.3 is 0 Å². The lowest BCUT2D eigenvalue weighted by Crippen LogP contribution is -2.32. The van der Waals surface area contributed by atoms with E-state index in [4.69, 9.17) is 0 Å². The lowest BCUT2D eigenvalue weighted by molar-refractivity contribution is 0.101. The van der Waals surface area contributed by atoms with Gasteiger partial charge < -0.3 is 10.6 Å². The van der Waals surface area contributed by atoms with Gasteiger partial charge in [0.2, 0.25) is 0 Å². The fourth-order valence-electron chi connectivity index (χ4n) is 2.84. The van der Waals surface area contributed by atoms with Crippen molar-refractivity contribution in [1.82, 2.24) is 34.7 Å². The van der Waals surface area contributed by atoms with Crippen LogP contribution >= 0.6 is 0 Å². The maximum atomic E-state index is 12.6. The summed E-state index contributed by atoms with van der Waals surface area (Å²) >= 11 is 0. The summed E-state index contributed by atoms with van der Waals surface area (Å²) in [5.41, 5.74) is 1.13. The van der Waals surface area contributed by atoms with Crippen LogP contribution in [-0.4, -0.2) is 48.4 Å². The zero-order valence-electron chi connectivity index (χ0n) is 12.4. The number of carbonyl (C=O) groups excluding carboxylic acids is 1. The summed E-state index contributed by atoms with van der Waals surface area (Å²) in [4.78, 5) is 20.8. The first-order valence-electron chi connectivity index (χ1n) is 7.52. The van der Waals surface area contributed by atoms with E-state index in [0.717, 1.165) is 25.9 Å². The second-order valence-corrected chi connectivity index (χ2v) is 5.45. The summed E-state index contributed by atoms with van der Waals surface area (Å²) in [6.07, 6.45) is 10.0. The molecule has 3 aromatic rings. The third-order valence-electron chi connectivity index (χ3n) is 4.02. The molecule has 0 aromatic carbocycles. The van der Waals surface area contributed by atoms with Crippen LogP contribution in [0.25, 0.3) is 5.65 Å². The summed E-state index contributed by atoms with van der Waals surface area (Å²) in [6, 6.07) is 0.200. The fourth-order valence-corrected chi connectivity index (χ4v) is 2.84. The van der Waals surface area contributed by atoms with Gasteiger partial charge in [0, 0.05) is 12.4 Å². The third kappa shape index (κ3) is 2.55. The molecular weight excluding hydrogens is 296 g/mol. The lowest BCUT2D eigenvalue weighted by atomic mass is 10.1. The van der Waals surface area contributed by atoms with Gasteiger partial charge in [-0.2, -0.15) is 0 Å². The largest absolute Gasteiger partial charge is 0.317 e. The van der Waals surface area contributed by atoms with Crippen molar-refractivity contribution in [3.63, 3.8) is 0 Å². The van der Waals surface area contributed by atoms with Gasteiger partial charge in [0.1, 0.15) is 11.5 Å². The van der Waals surface area contributed by atoms with Gasteiger partial charge in [-0.15, -0.1) is 5.10 Å². The molecule has 4 heterocycles. The van der Waals surface area contributed by atoms with E-state index >= 15 is 0 Å². The monoisotopic (exact) mass is 312 g/mol. The van der Waals surface area contributed by atoms with Crippen molar-refractivity contribution in [3.05, 3.63) is 36.7 Å². The number of hydrogen-bond acceptors (Lipinski definition) is 6. The Bertz CT molecular complexity index is 832. The topological polar surface area (TPSA) is 102 Å². The van der Waals surface area contributed by atoms with Crippen molar-refractivity contribution in [1.29, 1.82) is 0 Å². The van der Waals surface area contributed by atoms with Crippen molar-refractivity contribution < 1.29 is 4.79 Å². The Labute approximate surface area is 131 Å². The van der Waals surface area contributed by atoms with E-state index in [2.05, 4.69) is 30.9 Å². The highest BCUT2D eigenvalue weighted by Crippen LogP contribution is 2.20. The van der Waals surface area contributed by atoms with Crippen molar-refractivity contribution in [2.24, 2.45) is 0 Å². The predicted molar refractivity (Wildman–Crippen MR) is 82.1 cm³/mol. The van der Waals surface area contributed by atoms with E-state index in [1.165, 1.54) is 6.20 Å². The van der Waals surface area contributed by atoms with Crippen LogP contribution in [0.3, 0.4) is 0 Å². The van der Waals surface area contributed by atoms with Gasteiger partial charge in [-0.1, -0.05) is 5.21 Å². The van der Waals surface area contributed by atoms with Gasteiger partial charge in [0.15, 0.2) is 5.65 Å². The molecule has 1 aliphatic rings. The minimum Gasteiger partial charge on any atom is -0.317 e. The molecule has 0 saturated carbocycles. The molecule has 1 fully saturated rings. The third-order valence-corrected chi connectivity index (χ3v) is 4.02. The van der Waals surface area contributed by atoms with Crippen LogP contribution < -0.4 is 10.6 Å². The van der Waals surface area contributed by atoms with Crippen LogP contribution in [-0.2, 0) is 0 Å². The molecule has 0 unspecified atom stereocenters. The Morgan fingerprint density at radius 3 is 3.00 bits per heavy atom. The molecule has 3 aromatic heterocycles. The van der Waals surface area contributed by atoms with Gasteiger partial charge in [0.25, 0.3) is 5.91 Å². The summed E-state index contributed by atoms with van der Waals surface area (Å²) in [5, 5.41) is 14.2. The molecule has 0 spiro atoms. The Balaban J connectivity index is 1.59. The molecule has 9 nitrogen and oxygen atoms in total. The van der Waals surface area contributed by atoms with E-state index < -0.39 is 0 Å². The number of nitrogens with one attached hydrogen (secondary N) is 2. The van der Waals surface area contributed by atoms with Crippen molar-refractivity contribution >= 4 is 17.4 Å². The molecule has 0 bridgehead atoms. The molecule has 4 rings (SSSR count). The summed E-state index contributed by atoms with van der Waals surface area (Å²) in [7, 11) is 0. The number of anilines is 1. The molecule has 9 heteroatoms. The van der Waals surface area contributed by atoms with E-state index in [0.29, 0.717) is 17.2 Å². The van der Waals surface area contributed by atoms with Crippen molar-refractivity contribution in [2.75, 3.05) is 18.4 Å². The molecule has 0 atom stereocenters. The van der Waals surface area contributed by atoms with Crippen LogP contribution in [0.1, 0.15) is 29.4 Å². The first-order valence-corrected chi connectivity index (χ1v) is 7.52. The number of carbonyl (C=O) groups is 1. The second kappa shape index (κ2) is 5.76. The first-order chi connectivity index (χ1) is 11.3. The number of aromatic nitrogens is 6. The van der Waals surface area contributed by atoms with E-state index in [1.54, 1.807) is 33.9 Å².